The van der Waals surface area contributed by atoms with Crippen LogP contribution in [0.5, 0.6) is 0 Å². The SMILES string of the molecule is CN=C(NCc1nccn1Cc1ccccc1)NCC1CC(=O)Nc2ccccc21. The predicted octanol–water partition coefficient (Wildman–Crippen LogP) is 2.72. The van der Waals surface area contributed by atoms with E-state index < -0.39 is 0 Å². The minimum absolute atomic E-state index is 0.0476. The lowest BCUT2D eigenvalue weighted by Gasteiger charge is -2.26. The zero-order valence-corrected chi connectivity index (χ0v) is 17.0. The molecule has 3 N–H and O–H groups in total. The fourth-order valence-corrected chi connectivity index (χ4v) is 3.72. The second-order valence-corrected chi connectivity index (χ2v) is 7.30. The van der Waals surface area contributed by atoms with Crippen LogP contribution in [0.15, 0.2) is 72.0 Å². The first kappa shape index (κ1) is 19.7. The van der Waals surface area contributed by atoms with Crippen molar-refractivity contribution in [3.05, 3.63) is 83.9 Å². The van der Waals surface area contributed by atoms with Gasteiger partial charge in [0, 0.05) is 50.6 Å². The molecular formula is C23H26N6O. The number of carbonyl (C=O) groups is 1. The quantitative estimate of drug-likeness (QED) is 0.437. The van der Waals surface area contributed by atoms with Crippen molar-refractivity contribution >= 4 is 17.6 Å². The van der Waals surface area contributed by atoms with Crippen LogP contribution in [0.4, 0.5) is 5.69 Å². The molecule has 1 aliphatic rings. The second kappa shape index (κ2) is 9.26. The van der Waals surface area contributed by atoms with Crippen molar-refractivity contribution in [2.24, 2.45) is 4.99 Å². The largest absolute Gasteiger partial charge is 0.356 e. The van der Waals surface area contributed by atoms with E-state index in [2.05, 4.69) is 48.7 Å². The van der Waals surface area contributed by atoms with Crippen LogP contribution in [0.3, 0.4) is 0 Å². The summed E-state index contributed by atoms with van der Waals surface area (Å²) < 4.78 is 2.12. The molecule has 0 radical (unpaired) electrons. The van der Waals surface area contributed by atoms with Crippen LogP contribution < -0.4 is 16.0 Å². The molecule has 0 spiro atoms. The molecule has 7 nitrogen and oxygen atoms in total. The third-order valence-electron chi connectivity index (χ3n) is 5.26. The highest BCUT2D eigenvalue weighted by Crippen LogP contribution is 2.31. The normalized spacial score (nSPS) is 16.0. The molecular weight excluding hydrogens is 376 g/mol. The second-order valence-electron chi connectivity index (χ2n) is 7.30. The van der Waals surface area contributed by atoms with Crippen LogP contribution in [0.2, 0.25) is 0 Å². The molecule has 1 atom stereocenters. The number of fused-ring (bicyclic) bond motifs is 1. The number of benzene rings is 2. The average Bonchev–Trinajstić information content (AvgIpc) is 3.21. The maximum Gasteiger partial charge on any atom is 0.225 e. The molecule has 0 aliphatic carbocycles. The Morgan fingerprint density at radius 2 is 1.97 bits per heavy atom. The van der Waals surface area contributed by atoms with Gasteiger partial charge in [-0.2, -0.15) is 0 Å². The van der Waals surface area contributed by atoms with Gasteiger partial charge in [0.2, 0.25) is 5.91 Å². The lowest BCUT2D eigenvalue weighted by molar-refractivity contribution is -0.116. The van der Waals surface area contributed by atoms with Crippen molar-refractivity contribution in [3.8, 4) is 0 Å². The van der Waals surface area contributed by atoms with Gasteiger partial charge < -0.3 is 20.5 Å². The molecule has 0 fully saturated rings. The van der Waals surface area contributed by atoms with E-state index in [1.54, 1.807) is 7.05 Å². The van der Waals surface area contributed by atoms with E-state index in [1.165, 1.54) is 5.56 Å². The maximum atomic E-state index is 12.0. The van der Waals surface area contributed by atoms with Gasteiger partial charge in [-0.15, -0.1) is 0 Å². The molecule has 1 unspecified atom stereocenters. The lowest BCUT2D eigenvalue weighted by atomic mass is 9.90. The summed E-state index contributed by atoms with van der Waals surface area (Å²) in [6.07, 6.45) is 4.26. The number of amides is 1. The number of nitrogens with zero attached hydrogens (tertiary/aromatic N) is 3. The summed E-state index contributed by atoms with van der Waals surface area (Å²) in [5.74, 6) is 1.77. The van der Waals surface area contributed by atoms with Gasteiger partial charge in [-0.1, -0.05) is 48.5 Å². The molecule has 1 aromatic heterocycles. The van der Waals surface area contributed by atoms with Crippen molar-refractivity contribution in [3.63, 3.8) is 0 Å². The van der Waals surface area contributed by atoms with E-state index in [-0.39, 0.29) is 11.8 Å². The highest BCUT2D eigenvalue weighted by Gasteiger charge is 2.24. The predicted molar refractivity (Wildman–Crippen MR) is 118 cm³/mol. The molecule has 7 heteroatoms. The number of hydrogen-bond donors (Lipinski definition) is 3. The zero-order valence-electron chi connectivity index (χ0n) is 17.0. The van der Waals surface area contributed by atoms with E-state index in [0.29, 0.717) is 25.5 Å². The third-order valence-corrected chi connectivity index (χ3v) is 5.26. The van der Waals surface area contributed by atoms with Gasteiger partial charge in [0.05, 0.1) is 6.54 Å². The van der Waals surface area contributed by atoms with Gasteiger partial charge in [-0.25, -0.2) is 4.98 Å². The van der Waals surface area contributed by atoms with Crippen LogP contribution in [-0.4, -0.2) is 35.0 Å². The number of para-hydroxylation sites is 1. The van der Waals surface area contributed by atoms with Gasteiger partial charge in [0.1, 0.15) is 5.82 Å². The summed E-state index contributed by atoms with van der Waals surface area (Å²) in [6, 6.07) is 18.3. The number of nitrogens with one attached hydrogen (secondary N) is 3. The van der Waals surface area contributed by atoms with Crippen LogP contribution in [0.25, 0.3) is 0 Å². The summed E-state index contributed by atoms with van der Waals surface area (Å²) in [4.78, 5) is 20.8. The fourth-order valence-electron chi connectivity index (χ4n) is 3.72. The number of rotatable bonds is 6. The molecule has 4 rings (SSSR count). The van der Waals surface area contributed by atoms with Gasteiger partial charge in [0.25, 0.3) is 0 Å². The third kappa shape index (κ3) is 4.68. The van der Waals surface area contributed by atoms with Crippen LogP contribution in [0, 0.1) is 0 Å². The number of guanidine groups is 1. The Hall–Kier alpha value is -3.61. The molecule has 30 heavy (non-hydrogen) atoms. The Morgan fingerprint density at radius 3 is 2.80 bits per heavy atom. The van der Waals surface area contributed by atoms with Crippen LogP contribution in [-0.2, 0) is 17.9 Å². The highest BCUT2D eigenvalue weighted by molar-refractivity contribution is 5.94. The van der Waals surface area contributed by atoms with E-state index in [9.17, 15) is 4.79 Å². The molecule has 1 amide bonds. The molecule has 2 aromatic carbocycles. The van der Waals surface area contributed by atoms with Crippen molar-refractivity contribution in [1.82, 2.24) is 20.2 Å². The standard InChI is InChI=1S/C23H26N6O/c1-24-23(26-14-18-13-22(30)28-20-10-6-5-9-19(18)20)27-15-21-25-11-12-29(21)16-17-7-3-2-4-8-17/h2-12,18H,13-16H2,1H3,(H,28,30)(H2,24,26,27). The summed E-state index contributed by atoms with van der Waals surface area (Å²) in [6.45, 7) is 1.96. The van der Waals surface area contributed by atoms with Crippen molar-refractivity contribution in [1.29, 1.82) is 0 Å². The highest BCUT2D eigenvalue weighted by atomic mass is 16.1. The van der Waals surface area contributed by atoms with Crippen LogP contribution in [0.1, 0.15) is 29.3 Å². The molecule has 0 saturated heterocycles. The van der Waals surface area contributed by atoms with E-state index in [0.717, 1.165) is 23.6 Å². The van der Waals surface area contributed by atoms with Crippen molar-refractivity contribution in [2.75, 3.05) is 18.9 Å². The molecule has 0 saturated carbocycles. The number of imidazole rings is 1. The number of hydrogen-bond acceptors (Lipinski definition) is 3. The van der Waals surface area contributed by atoms with E-state index in [4.69, 9.17) is 0 Å². The average molecular weight is 403 g/mol. The van der Waals surface area contributed by atoms with Gasteiger partial charge >= 0.3 is 0 Å². The summed E-state index contributed by atoms with van der Waals surface area (Å²) in [5, 5.41) is 9.62. The van der Waals surface area contributed by atoms with Gasteiger partial charge in [-0.05, 0) is 17.2 Å². The number of aliphatic imine (C=N–C) groups is 1. The Morgan fingerprint density at radius 1 is 1.17 bits per heavy atom. The Bertz CT molecular complexity index is 1030. The topological polar surface area (TPSA) is 83.3 Å². The molecule has 2 heterocycles. The summed E-state index contributed by atoms with van der Waals surface area (Å²) in [5.41, 5.74) is 3.28. The first-order chi connectivity index (χ1) is 14.7. The van der Waals surface area contributed by atoms with Gasteiger partial charge in [0.15, 0.2) is 5.96 Å². The Labute approximate surface area is 176 Å². The Balaban J connectivity index is 1.35. The van der Waals surface area contributed by atoms with E-state index in [1.807, 2.05) is 48.8 Å². The first-order valence-corrected chi connectivity index (χ1v) is 10.1. The first-order valence-electron chi connectivity index (χ1n) is 10.1. The fraction of sp³-hybridized carbons (Fsp3) is 0.261. The summed E-state index contributed by atoms with van der Waals surface area (Å²) in [7, 11) is 1.74. The van der Waals surface area contributed by atoms with Gasteiger partial charge in [-0.3, -0.25) is 9.79 Å². The smallest absolute Gasteiger partial charge is 0.225 e. The summed E-state index contributed by atoms with van der Waals surface area (Å²) >= 11 is 0. The monoisotopic (exact) mass is 402 g/mol. The zero-order chi connectivity index (χ0) is 20.8. The van der Waals surface area contributed by atoms with Crippen molar-refractivity contribution < 1.29 is 4.79 Å². The molecule has 1 aliphatic heterocycles. The van der Waals surface area contributed by atoms with Crippen LogP contribution >= 0.6 is 0 Å². The maximum absolute atomic E-state index is 12.0. The minimum atomic E-state index is 0.0476. The van der Waals surface area contributed by atoms with Crippen molar-refractivity contribution in [2.45, 2.75) is 25.4 Å². The number of carbonyl (C=O) groups excluding carboxylic acids is 1. The lowest BCUT2D eigenvalue weighted by Crippen LogP contribution is -2.40. The number of anilines is 1. The Kier molecular flexibility index (Phi) is 6.08. The number of aromatic nitrogens is 2. The molecule has 0 bridgehead atoms. The molecule has 3 aromatic rings. The minimum Gasteiger partial charge on any atom is -0.356 e. The van der Waals surface area contributed by atoms with E-state index >= 15 is 0 Å². The molecule has 154 valence electrons.